The molecule has 2 rings (SSSR count). The van der Waals surface area contributed by atoms with Crippen LogP contribution >= 0.6 is 0 Å². The summed E-state index contributed by atoms with van der Waals surface area (Å²) in [5.41, 5.74) is 1.03. The van der Waals surface area contributed by atoms with Crippen molar-refractivity contribution >= 4 is 22.8 Å². The minimum absolute atomic E-state index is 0.183. The summed E-state index contributed by atoms with van der Waals surface area (Å²) >= 11 is 0. The number of allylic oxidation sites excluding steroid dienone is 1. The number of carboxylic acid groups (broad SMARTS) is 1. The number of aromatic carboxylic acids is 1. The van der Waals surface area contributed by atoms with Gasteiger partial charge in [-0.1, -0.05) is 36.4 Å². The summed E-state index contributed by atoms with van der Waals surface area (Å²) in [4.78, 5) is 11.4. The Morgan fingerprint density at radius 2 is 2.11 bits per heavy atom. The molecule has 0 saturated carbocycles. The Morgan fingerprint density at radius 1 is 1.39 bits per heavy atom. The molecule has 0 saturated heterocycles. The highest BCUT2D eigenvalue weighted by Crippen LogP contribution is 2.27. The van der Waals surface area contributed by atoms with E-state index in [1.165, 1.54) is 0 Å². The van der Waals surface area contributed by atoms with Gasteiger partial charge in [-0.15, -0.1) is 0 Å². The van der Waals surface area contributed by atoms with Crippen LogP contribution in [0, 0.1) is 11.3 Å². The van der Waals surface area contributed by atoms with Gasteiger partial charge in [-0.05, 0) is 23.8 Å². The number of hydrogen-bond donors (Lipinski definition) is 1. The van der Waals surface area contributed by atoms with E-state index < -0.39 is 5.97 Å². The van der Waals surface area contributed by atoms with Crippen molar-refractivity contribution < 1.29 is 9.90 Å². The Hall–Kier alpha value is -2.60. The molecule has 0 bridgehead atoms. The van der Waals surface area contributed by atoms with Gasteiger partial charge in [0.1, 0.15) is 0 Å². The molecule has 88 valence electrons. The number of rotatable bonds is 2. The van der Waals surface area contributed by atoms with Crippen molar-refractivity contribution in [3.63, 3.8) is 0 Å². The first-order valence-electron chi connectivity index (χ1n) is 5.51. The zero-order valence-corrected chi connectivity index (χ0v) is 9.84. The lowest BCUT2D eigenvalue weighted by Crippen LogP contribution is -2.03. The van der Waals surface area contributed by atoms with E-state index in [9.17, 15) is 9.90 Å². The predicted octanol–water partition coefficient (Wildman–Crippen LogP) is 3.44. The van der Waals surface area contributed by atoms with Crippen LogP contribution in [0.1, 0.15) is 28.4 Å². The Kier molecular flexibility index (Phi) is 3.11. The van der Waals surface area contributed by atoms with Gasteiger partial charge in [0.15, 0.2) is 0 Å². The molecule has 0 fully saturated rings. The molecule has 1 N–H and O–H groups in total. The van der Waals surface area contributed by atoms with Crippen LogP contribution in [0.3, 0.4) is 0 Å². The van der Waals surface area contributed by atoms with Gasteiger partial charge in [-0.25, -0.2) is 4.79 Å². The molecule has 0 spiro atoms. The second-order valence-electron chi connectivity index (χ2n) is 3.85. The van der Waals surface area contributed by atoms with Crippen LogP contribution in [0.5, 0.6) is 0 Å². The predicted molar refractivity (Wildman–Crippen MR) is 70.3 cm³/mol. The van der Waals surface area contributed by atoms with Crippen LogP contribution < -0.4 is 0 Å². The molecule has 0 heterocycles. The molecule has 0 radical (unpaired) electrons. The molecule has 0 aliphatic rings. The Bertz CT molecular complexity index is 693. The van der Waals surface area contributed by atoms with Gasteiger partial charge in [0.05, 0.1) is 17.2 Å². The molecule has 3 heteroatoms. The van der Waals surface area contributed by atoms with E-state index in [0.717, 1.165) is 5.39 Å². The molecular weight excluding hydrogens is 226 g/mol. The number of hydrogen-bond acceptors (Lipinski definition) is 2. The monoisotopic (exact) mass is 237 g/mol. The third-order valence-corrected chi connectivity index (χ3v) is 2.76. The molecule has 18 heavy (non-hydrogen) atoms. The molecule has 2 aromatic rings. The number of nitriles is 1. The second kappa shape index (κ2) is 4.72. The van der Waals surface area contributed by atoms with Crippen LogP contribution in [-0.4, -0.2) is 11.1 Å². The van der Waals surface area contributed by atoms with E-state index in [-0.39, 0.29) is 5.56 Å². The summed E-state index contributed by atoms with van der Waals surface area (Å²) < 4.78 is 0. The van der Waals surface area contributed by atoms with Gasteiger partial charge in [-0.3, -0.25) is 0 Å². The van der Waals surface area contributed by atoms with E-state index in [1.807, 2.05) is 12.1 Å². The fourth-order valence-electron chi connectivity index (χ4n) is 2.03. The standard InChI is InChI=1S/C15H11NO2/c1-2-5-12-11(9-16)8-10-6-3-4-7-13(10)14(12)15(17)18/h2-8H,1H3,(H,17,18)/b5-2-. The number of fused-ring (bicyclic) bond motifs is 1. The van der Waals surface area contributed by atoms with Gasteiger partial charge < -0.3 is 5.11 Å². The highest BCUT2D eigenvalue weighted by Gasteiger charge is 2.16. The minimum atomic E-state index is -1.02. The number of benzene rings is 2. The van der Waals surface area contributed by atoms with Crippen LogP contribution in [0.2, 0.25) is 0 Å². The van der Waals surface area contributed by atoms with Gasteiger partial charge in [-0.2, -0.15) is 5.26 Å². The van der Waals surface area contributed by atoms with Crippen LogP contribution in [0.25, 0.3) is 16.8 Å². The maximum absolute atomic E-state index is 11.4. The van der Waals surface area contributed by atoms with Crippen molar-refractivity contribution in [1.29, 1.82) is 5.26 Å². The molecule has 3 nitrogen and oxygen atoms in total. The fourth-order valence-corrected chi connectivity index (χ4v) is 2.03. The Labute approximate surface area is 105 Å². The van der Waals surface area contributed by atoms with Crippen molar-refractivity contribution in [2.75, 3.05) is 0 Å². The molecule has 0 aromatic heterocycles. The largest absolute Gasteiger partial charge is 0.478 e. The number of nitrogens with zero attached hydrogens (tertiary/aromatic N) is 1. The summed E-state index contributed by atoms with van der Waals surface area (Å²) in [5, 5.41) is 19.9. The first kappa shape index (κ1) is 11.9. The molecule has 0 aliphatic heterocycles. The van der Waals surface area contributed by atoms with Crippen molar-refractivity contribution in [2.45, 2.75) is 6.92 Å². The number of carboxylic acids is 1. The second-order valence-corrected chi connectivity index (χ2v) is 3.85. The lowest BCUT2D eigenvalue weighted by molar-refractivity contribution is 0.0699. The molecule has 0 atom stereocenters. The molecular formula is C15H11NO2. The first-order chi connectivity index (χ1) is 8.69. The van der Waals surface area contributed by atoms with E-state index in [2.05, 4.69) is 6.07 Å². The highest BCUT2D eigenvalue weighted by molar-refractivity contribution is 6.07. The van der Waals surface area contributed by atoms with Crippen molar-refractivity contribution in [3.8, 4) is 6.07 Å². The third-order valence-electron chi connectivity index (χ3n) is 2.76. The average molecular weight is 237 g/mol. The lowest BCUT2D eigenvalue weighted by atomic mass is 9.94. The molecule has 2 aromatic carbocycles. The zero-order chi connectivity index (χ0) is 13.1. The van der Waals surface area contributed by atoms with E-state index >= 15 is 0 Å². The minimum Gasteiger partial charge on any atom is -0.478 e. The zero-order valence-electron chi connectivity index (χ0n) is 9.84. The van der Waals surface area contributed by atoms with Gasteiger partial charge in [0, 0.05) is 5.56 Å². The van der Waals surface area contributed by atoms with Crippen LogP contribution in [-0.2, 0) is 0 Å². The molecule has 0 unspecified atom stereocenters. The Morgan fingerprint density at radius 3 is 2.72 bits per heavy atom. The van der Waals surface area contributed by atoms with Crippen molar-refractivity contribution in [2.24, 2.45) is 0 Å². The number of carbonyl (C=O) groups is 1. The maximum atomic E-state index is 11.4. The quantitative estimate of drug-likeness (QED) is 0.870. The van der Waals surface area contributed by atoms with Gasteiger partial charge in [0.25, 0.3) is 0 Å². The smallest absolute Gasteiger partial charge is 0.336 e. The molecule has 0 amide bonds. The lowest BCUT2D eigenvalue weighted by Gasteiger charge is -2.08. The summed E-state index contributed by atoms with van der Waals surface area (Å²) in [6, 6.07) is 11.0. The van der Waals surface area contributed by atoms with Crippen LogP contribution in [0.15, 0.2) is 36.4 Å². The van der Waals surface area contributed by atoms with Crippen molar-refractivity contribution in [1.82, 2.24) is 0 Å². The van der Waals surface area contributed by atoms with E-state index in [1.54, 1.807) is 37.3 Å². The summed E-state index contributed by atoms with van der Waals surface area (Å²) in [7, 11) is 0. The Balaban J connectivity index is 2.99. The fraction of sp³-hybridized carbons (Fsp3) is 0.0667. The van der Waals surface area contributed by atoms with E-state index in [4.69, 9.17) is 5.26 Å². The highest BCUT2D eigenvalue weighted by atomic mass is 16.4. The molecule has 0 aliphatic carbocycles. The van der Waals surface area contributed by atoms with Crippen LogP contribution in [0.4, 0.5) is 0 Å². The SMILES string of the molecule is C/C=C\c1c(C#N)cc2ccccc2c1C(=O)O. The topological polar surface area (TPSA) is 61.1 Å². The van der Waals surface area contributed by atoms with E-state index in [0.29, 0.717) is 16.5 Å². The summed E-state index contributed by atoms with van der Waals surface area (Å²) in [6.07, 6.45) is 3.39. The normalized spacial score (nSPS) is 10.7. The maximum Gasteiger partial charge on any atom is 0.336 e. The van der Waals surface area contributed by atoms with Crippen molar-refractivity contribution in [3.05, 3.63) is 53.1 Å². The van der Waals surface area contributed by atoms with Gasteiger partial charge >= 0.3 is 5.97 Å². The summed E-state index contributed by atoms with van der Waals surface area (Å²) in [6.45, 7) is 1.79. The first-order valence-corrected chi connectivity index (χ1v) is 5.51. The average Bonchev–Trinajstić information content (AvgIpc) is 2.37. The summed E-state index contributed by atoms with van der Waals surface area (Å²) in [5.74, 6) is -1.02. The van der Waals surface area contributed by atoms with Gasteiger partial charge in [0.2, 0.25) is 0 Å². The third kappa shape index (κ3) is 1.85.